The second-order valence-electron chi connectivity index (χ2n) is 6.24. The number of anilines is 2. The minimum absolute atomic E-state index is 0.0305. The van der Waals surface area contributed by atoms with Crippen molar-refractivity contribution in [1.29, 1.82) is 0 Å². The van der Waals surface area contributed by atoms with E-state index in [0.29, 0.717) is 5.82 Å². The quantitative estimate of drug-likeness (QED) is 0.771. The van der Waals surface area contributed by atoms with Crippen molar-refractivity contribution < 1.29 is 4.79 Å². The Balaban J connectivity index is 1.81. The number of benzene rings is 2. The SMILES string of the molecule is Cc1cccc(N[C@H]2c3ccccc3C(=O)N2c2ccccn2)c1C. The van der Waals surface area contributed by atoms with Crippen molar-refractivity contribution in [3.63, 3.8) is 0 Å². The van der Waals surface area contributed by atoms with Crippen molar-refractivity contribution in [2.45, 2.75) is 20.0 Å². The first-order valence-corrected chi connectivity index (χ1v) is 8.33. The molecule has 0 saturated heterocycles. The number of pyridine rings is 1. The molecule has 124 valence electrons. The number of rotatable bonds is 3. The molecule has 1 atom stereocenters. The van der Waals surface area contributed by atoms with Gasteiger partial charge in [0.15, 0.2) is 0 Å². The van der Waals surface area contributed by atoms with Gasteiger partial charge in [0.1, 0.15) is 12.0 Å². The van der Waals surface area contributed by atoms with Crippen LogP contribution in [-0.4, -0.2) is 10.9 Å². The first kappa shape index (κ1) is 15.4. The van der Waals surface area contributed by atoms with Crippen LogP contribution in [0, 0.1) is 13.8 Å². The number of aromatic nitrogens is 1. The molecule has 0 fully saturated rings. The van der Waals surface area contributed by atoms with Gasteiger partial charge in [-0.3, -0.25) is 9.69 Å². The van der Waals surface area contributed by atoms with E-state index in [0.717, 1.165) is 16.8 Å². The molecular weight excluding hydrogens is 310 g/mol. The van der Waals surface area contributed by atoms with Crippen LogP contribution in [0.4, 0.5) is 11.5 Å². The van der Waals surface area contributed by atoms with Gasteiger partial charge in [0.05, 0.1) is 0 Å². The highest BCUT2D eigenvalue weighted by Crippen LogP contribution is 2.37. The number of nitrogens with one attached hydrogen (secondary N) is 1. The first-order valence-electron chi connectivity index (χ1n) is 8.33. The molecule has 2 heterocycles. The zero-order valence-electron chi connectivity index (χ0n) is 14.2. The van der Waals surface area contributed by atoms with Gasteiger partial charge in [-0.2, -0.15) is 0 Å². The van der Waals surface area contributed by atoms with Gasteiger partial charge >= 0.3 is 0 Å². The Morgan fingerprint density at radius 1 is 0.960 bits per heavy atom. The summed E-state index contributed by atoms with van der Waals surface area (Å²) in [5, 5.41) is 3.55. The molecule has 0 unspecified atom stereocenters. The summed E-state index contributed by atoms with van der Waals surface area (Å²) in [5.74, 6) is 0.614. The van der Waals surface area contributed by atoms with Gasteiger partial charge in [0.25, 0.3) is 5.91 Å². The monoisotopic (exact) mass is 329 g/mol. The van der Waals surface area contributed by atoms with E-state index in [9.17, 15) is 4.79 Å². The third kappa shape index (κ3) is 2.56. The fourth-order valence-corrected chi connectivity index (χ4v) is 3.25. The summed E-state index contributed by atoms with van der Waals surface area (Å²) in [6.45, 7) is 4.18. The molecule has 4 rings (SSSR count). The summed E-state index contributed by atoms with van der Waals surface area (Å²) in [6, 6.07) is 19.5. The molecule has 0 spiro atoms. The van der Waals surface area contributed by atoms with Crippen molar-refractivity contribution >= 4 is 17.4 Å². The highest BCUT2D eigenvalue weighted by molar-refractivity contribution is 6.11. The fourth-order valence-electron chi connectivity index (χ4n) is 3.25. The van der Waals surface area contributed by atoms with E-state index in [1.807, 2.05) is 54.6 Å². The number of carbonyl (C=O) groups excluding carboxylic acids is 1. The molecule has 4 heteroatoms. The number of nitrogens with zero attached hydrogens (tertiary/aromatic N) is 2. The fraction of sp³-hybridized carbons (Fsp3) is 0.143. The van der Waals surface area contributed by atoms with Gasteiger partial charge in [-0.15, -0.1) is 0 Å². The number of hydrogen-bond donors (Lipinski definition) is 1. The topological polar surface area (TPSA) is 45.2 Å². The Morgan fingerprint density at radius 3 is 2.56 bits per heavy atom. The molecule has 0 radical (unpaired) electrons. The van der Waals surface area contributed by atoms with E-state index in [1.165, 1.54) is 11.1 Å². The third-order valence-corrected chi connectivity index (χ3v) is 4.76. The molecule has 25 heavy (non-hydrogen) atoms. The lowest BCUT2D eigenvalue weighted by molar-refractivity contribution is 0.0992. The molecular formula is C21H19N3O. The van der Waals surface area contributed by atoms with Crippen molar-refractivity contribution in [1.82, 2.24) is 4.98 Å². The lowest BCUT2D eigenvalue weighted by Crippen LogP contribution is -2.33. The van der Waals surface area contributed by atoms with Crippen LogP contribution in [0.1, 0.15) is 33.2 Å². The lowest BCUT2D eigenvalue weighted by atomic mass is 10.1. The minimum atomic E-state index is -0.279. The number of amides is 1. The molecule has 1 amide bonds. The smallest absolute Gasteiger partial charge is 0.261 e. The number of aryl methyl sites for hydroxylation is 1. The second-order valence-corrected chi connectivity index (χ2v) is 6.24. The largest absolute Gasteiger partial charge is 0.361 e. The standard InChI is InChI=1S/C21H19N3O/c1-14-8-7-11-18(15(14)2)23-20-16-9-3-4-10-17(16)21(25)24(20)19-12-5-6-13-22-19/h3-13,20,23H,1-2H3/t20-/m1/s1. The molecule has 1 aliphatic heterocycles. The molecule has 3 aromatic rings. The maximum absolute atomic E-state index is 13.0. The number of hydrogen-bond acceptors (Lipinski definition) is 3. The normalized spacial score (nSPS) is 16.0. The molecule has 1 N–H and O–H groups in total. The lowest BCUT2D eigenvalue weighted by Gasteiger charge is -2.27. The van der Waals surface area contributed by atoms with Crippen molar-refractivity contribution in [2.75, 3.05) is 10.2 Å². The van der Waals surface area contributed by atoms with Gasteiger partial charge in [0.2, 0.25) is 0 Å². The van der Waals surface area contributed by atoms with Gasteiger partial charge < -0.3 is 5.32 Å². The summed E-state index contributed by atoms with van der Waals surface area (Å²) < 4.78 is 0. The minimum Gasteiger partial charge on any atom is -0.361 e. The highest BCUT2D eigenvalue weighted by Gasteiger charge is 2.38. The van der Waals surface area contributed by atoms with Gasteiger partial charge in [-0.1, -0.05) is 36.4 Å². The van der Waals surface area contributed by atoms with Gasteiger partial charge in [-0.25, -0.2) is 4.98 Å². The molecule has 2 aromatic carbocycles. The van der Waals surface area contributed by atoms with Crippen molar-refractivity contribution in [3.8, 4) is 0 Å². The third-order valence-electron chi connectivity index (χ3n) is 4.76. The van der Waals surface area contributed by atoms with Crippen molar-refractivity contribution in [2.24, 2.45) is 0 Å². The molecule has 0 bridgehead atoms. The van der Waals surface area contributed by atoms with Crippen LogP contribution < -0.4 is 10.2 Å². The number of carbonyl (C=O) groups is 1. The van der Waals surface area contributed by atoms with Crippen LogP contribution in [-0.2, 0) is 0 Å². The Hall–Kier alpha value is -3.14. The van der Waals surface area contributed by atoms with E-state index < -0.39 is 0 Å². The van der Waals surface area contributed by atoms with Crippen LogP contribution >= 0.6 is 0 Å². The van der Waals surface area contributed by atoms with Crippen LogP contribution in [0.3, 0.4) is 0 Å². The summed E-state index contributed by atoms with van der Waals surface area (Å²) in [6.07, 6.45) is 1.43. The molecule has 1 aromatic heterocycles. The predicted octanol–water partition coefficient (Wildman–Crippen LogP) is 4.47. The van der Waals surface area contributed by atoms with Crippen LogP contribution in [0.2, 0.25) is 0 Å². The van der Waals surface area contributed by atoms with E-state index in [4.69, 9.17) is 0 Å². The average molecular weight is 329 g/mol. The summed E-state index contributed by atoms with van der Waals surface area (Å²) in [4.78, 5) is 19.1. The molecule has 1 aliphatic rings. The summed E-state index contributed by atoms with van der Waals surface area (Å²) in [7, 11) is 0. The molecule has 4 nitrogen and oxygen atoms in total. The summed E-state index contributed by atoms with van der Waals surface area (Å²) in [5.41, 5.74) is 5.11. The maximum Gasteiger partial charge on any atom is 0.261 e. The van der Waals surface area contributed by atoms with Crippen LogP contribution in [0.25, 0.3) is 0 Å². The van der Waals surface area contributed by atoms with E-state index >= 15 is 0 Å². The van der Waals surface area contributed by atoms with E-state index in [2.05, 4.69) is 30.2 Å². The van der Waals surface area contributed by atoms with E-state index in [-0.39, 0.29) is 12.1 Å². The maximum atomic E-state index is 13.0. The zero-order chi connectivity index (χ0) is 17.4. The second kappa shape index (κ2) is 6.06. The summed E-state index contributed by atoms with van der Waals surface area (Å²) >= 11 is 0. The van der Waals surface area contributed by atoms with Crippen LogP contribution in [0.5, 0.6) is 0 Å². The van der Waals surface area contributed by atoms with Gasteiger partial charge in [-0.05, 0) is 49.2 Å². The Morgan fingerprint density at radius 2 is 1.76 bits per heavy atom. The van der Waals surface area contributed by atoms with Crippen molar-refractivity contribution in [3.05, 3.63) is 89.1 Å². The Bertz CT molecular complexity index is 937. The molecule has 0 aliphatic carbocycles. The Kier molecular flexibility index (Phi) is 3.73. The van der Waals surface area contributed by atoms with Crippen LogP contribution in [0.15, 0.2) is 66.9 Å². The van der Waals surface area contributed by atoms with Gasteiger partial charge in [0, 0.05) is 23.0 Å². The predicted molar refractivity (Wildman–Crippen MR) is 99.8 cm³/mol. The van der Waals surface area contributed by atoms with E-state index in [1.54, 1.807) is 11.1 Å². The molecule has 0 saturated carbocycles. The zero-order valence-corrected chi connectivity index (χ0v) is 14.2. The number of fused-ring (bicyclic) bond motifs is 1. The average Bonchev–Trinajstić information content (AvgIpc) is 2.92. The highest BCUT2D eigenvalue weighted by atomic mass is 16.2. The first-order chi connectivity index (χ1) is 12.2. The Labute approximate surface area is 147 Å².